The van der Waals surface area contributed by atoms with Crippen LogP contribution in [0.5, 0.6) is 0 Å². The first kappa shape index (κ1) is 13.1. The molecule has 0 atom stereocenters. The van der Waals surface area contributed by atoms with E-state index in [0.717, 1.165) is 19.5 Å². The van der Waals surface area contributed by atoms with Gasteiger partial charge in [0.1, 0.15) is 0 Å². The van der Waals surface area contributed by atoms with Crippen molar-refractivity contribution >= 4 is 11.6 Å². The molecule has 1 rings (SSSR count). The van der Waals surface area contributed by atoms with Crippen LogP contribution in [0.4, 0.5) is 0 Å². The van der Waals surface area contributed by atoms with Crippen molar-refractivity contribution in [1.82, 2.24) is 4.90 Å². The van der Waals surface area contributed by atoms with E-state index in [-0.39, 0.29) is 0 Å². The van der Waals surface area contributed by atoms with Crippen molar-refractivity contribution in [2.45, 2.75) is 33.2 Å². The van der Waals surface area contributed by atoms with E-state index in [1.54, 1.807) is 0 Å². The molecule has 0 radical (unpaired) electrons. The zero-order valence-corrected chi connectivity index (χ0v) is 10.9. The van der Waals surface area contributed by atoms with Crippen LogP contribution in [0.3, 0.4) is 0 Å². The van der Waals surface area contributed by atoms with E-state index in [1.807, 2.05) is 0 Å². The molecule has 2 heteroatoms. The third-order valence-corrected chi connectivity index (χ3v) is 2.96. The Bertz CT molecular complexity index is 346. The van der Waals surface area contributed by atoms with Gasteiger partial charge in [-0.25, -0.2) is 0 Å². The lowest BCUT2D eigenvalue weighted by molar-refractivity contribution is 0.378. The van der Waals surface area contributed by atoms with E-state index in [1.165, 1.54) is 17.5 Å². The van der Waals surface area contributed by atoms with Crippen LogP contribution in [-0.4, -0.2) is 11.4 Å². The van der Waals surface area contributed by atoms with E-state index < -0.39 is 0 Å². The second-order valence-corrected chi connectivity index (χ2v) is 4.35. The highest BCUT2D eigenvalue weighted by Gasteiger charge is 2.07. The molecule has 1 aromatic carbocycles. The Labute approximate surface area is 104 Å². The standard InChI is InChI=1S/C14H20ClN/c1-4-8-13-9-6-7-10-14(13)11-16(5-2)12(3)15/h6-7,9-10H,3-5,8,11H2,1-2H3. The van der Waals surface area contributed by atoms with Gasteiger partial charge in [-0.05, 0) is 24.5 Å². The SMILES string of the molecule is C=C(Cl)N(CC)Cc1ccccc1CCC. The van der Waals surface area contributed by atoms with Crippen LogP contribution >= 0.6 is 11.6 Å². The molecule has 0 aromatic heterocycles. The van der Waals surface area contributed by atoms with Crippen LogP contribution < -0.4 is 0 Å². The average Bonchev–Trinajstić information content (AvgIpc) is 2.27. The first-order valence-corrected chi connectivity index (χ1v) is 6.23. The van der Waals surface area contributed by atoms with Gasteiger partial charge in [-0.15, -0.1) is 0 Å². The summed E-state index contributed by atoms with van der Waals surface area (Å²) in [6.45, 7) is 9.83. The molecule has 1 aromatic rings. The van der Waals surface area contributed by atoms with E-state index in [4.69, 9.17) is 11.6 Å². The molecule has 0 aliphatic carbocycles. The lowest BCUT2D eigenvalue weighted by atomic mass is 10.0. The van der Waals surface area contributed by atoms with E-state index >= 15 is 0 Å². The van der Waals surface area contributed by atoms with Crippen molar-refractivity contribution < 1.29 is 0 Å². The van der Waals surface area contributed by atoms with Crippen LogP contribution in [0.1, 0.15) is 31.4 Å². The highest BCUT2D eigenvalue weighted by molar-refractivity contribution is 6.28. The Balaban J connectivity index is 2.82. The van der Waals surface area contributed by atoms with E-state index in [9.17, 15) is 0 Å². The summed E-state index contributed by atoms with van der Waals surface area (Å²) >= 11 is 5.95. The van der Waals surface area contributed by atoms with Gasteiger partial charge in [0.2, 0.25) is 0 Å². The van der Waals surface area contributed by atoms with Crippen molar-refractivity contribution in [2.24, 2.45) is 0 Å². The second-order valence-electron chi connectivity index (χ2n) is 3.91. The predicted octanol–water partition coefficient (Wildman–Crippen LogP) is 4.17. The maximum atomic E-state index is 5.95. The zero-order valence-electron chi connectivity index (χ0n) is 10.2. The molecule has 88 valence electrons. The van der Waals surface area contributed by atoms with Gasteiger partial charge in [0.25, 0.3) is 0 Å². The fraction of sp³-hybridized carbons (Fsp3) is 0.429. The summed E-state index contributed by atoms with van der Waals surface area (Å²) in [7, 11) is 0. The largest absolute Gasteiger partial charge is 0.359 e. The van der Waals surface area contributed by atoms with Crippen LogP contribution in [0.2, 0.25) is 0 Å². The molecule has 0 fully saturated rings. The summed E-state index contributed by atoms with van der Waals surface area (Å²) in [4.78, 5) is 2.08. The molecule has 0 unspecified atom stereocenters. The normalized spacial score (nSPS) is 10.2. The average molecular weight is 238 g/mol. The molecule has 0 heterocycles. The molecular formula is C14H20ClN. The maximum Gasteiger partial charge on any atom is 0.0973 e. The van der Waals surface area contributed by atoms with Gasteiger partial charge in [-0.1, -0.05) is 55.8 Å². The molecule has 0 bridgehead atoms. The minimum atomic E-state index is 0.619. The van der Waals surface area contributed by atoms with Crippen LogP contribution in [0.15, 0.2) is 36.0 Å². The summed E-state index contributed by atoms with van der Waals surface area (Å²) in [5, 5.41) is 0.619. The minimum absolute atomic E-state index is 0.619. The van der Waals surface area contributed by atoms with Gasteiger partial charge in [-0.3, -0.25) is 0 Å². The van der Waals surface area contributed by atoms with Crippen molar-refractivity contribution in [1.29, 1.82) is 0 Å². The highest BCUT2D eigenvalue weighted by atomic mass is 35.5. The first-order chi connectivity index (χ1) is 7.69. The van der Waals surface area contributed by atoms with Gasteiger partial charge in [0.05, 0.1) is 5.16 Å². The Morgan fingerprint density at radius 1 is 1.25 bits per heavy atom. The number of rotatable bonds is 6. The van der Waals surface area contributed by atoms with E-state index in [0.29, 0.717) is 5.16 Å². The molecule has 0 saturated carbocycles. The highest BCUT2D eigenvalue weighted by Crippen LogP contribution is 2.17. The third kappa shape index (κ3) is 3.57. The molecule has 1 nitrogen and oxygen atoms in total. The van der Waals surface area contributed by atoms with Crippen molar-refractivity contribution in [3.63, 3.8) is 0 Å². The van der Waals surface area contributed by atoms with Crippen LogP contribution in [0.25, 0.3) is 0 Å². The Hall–Kier alpha value is -0.950. The summed E-state index contributed by atoms with van der Waals surface area (Å²) in [5.74, 6) is 0. The number of hydrogen-bond donors (Lipinski definition) is 0. The first-order valence-electron chi connectivity index (χ1n) is 5.85. The van der Waals surface area contributed by atoms with Gasteiger partial charge in [-0.2, -0.15) is 0 Å². The van der Waals surface area contributed by atoms with Gasteiger partial charge in [0.15, 0.2) is 0 Å². The van der Waals surface area contributed by atoms with E-state index in [2.05, 4.69) is 49.6 Å². The Morgan fingerprint density at radius 2 is 1.88 bits per heavy atom. The number of benzene rings is 1. The lowest BCUT2D eigenvalue weighted by Crippen LogP contribution is -2.19. The summed E-state index contributed by atoms with van der Waals surface area (Å²) in [5.41, 5.74) is 2.77. The maximum absolute atomic E-state index is 5.95. The molecule has 16 heavy (non-hydrogen) atoms. The smallest absolute Gasteiger partial charge is 0.0973 e. The second kappa shape index (κ2) is 6.59. The van der Waals surface area contributed by atoms with Gasteiger partial charge < -0.3 is 4.90 Å². The fourth-order valence-corrected chi connectivity index (χ4v) is 1.98. The third-order valence-electron chi connectivity index (χ3n) is 2.72. The summed E-state index contributed by atoms with van der Waals surface area (Å²) < 4.78 is 0. The quantitative estimate of drug-likeness (QED) is 0.672. The topological polar surface area (TPSA) is 3.24 Å². The molecule has 0 saturated heterocycles. The predicted molar refractivity (Wildman–Crippen MR) is 71.5 cm³/mol. The van der Waals surface area contributed by atoms with Crippen molar-refractivity contribution in [2.75, 3.05) is 6.54 Å². The number of nitrogens with zero attached hydrogens (tertiary/aromatic N) is 1. The number of aryl methyl sites for hydroxylation is 1. The van der Waals surface area contributed by atoms with Crippen LogP contribution in [0, 0.1) is 0 Å². The molecule has 0 spiro atoms. The Kier molecular flexibility index (Phi) is 5.41. The minimum Gasteiger partial charge on any atom is -0.359 e. The van der Waals surface area contributed by atoms with Crippen molar-refractivity contribution in [3.05, 3.63) is 47.1 Å². The zero-order chi connectivity index (χ0) is 12.0. The fourth-order valence-electron chi connectivity index (χ4n) is 1.80. The molecular weight excluding hydrogens is 218 g/mol. The Morgan fingerprint density at radius 3 is 2.38 bits per heavy atom. The van der Waals surface area contributed by atoms with Gasteiger partial charge >= 0.3 is 0 Å². The molecule has 0 N–H and O–H groups in total. The van der Waals surface area contributed by atoms with Gasteiger partial charge in [0, 0.05) is 13.1 Å². The lowest BCUT2D eigenvalue weighted by Gasteiger charge is -2.22. The summed E-state index contributed by atoms with van der Waals surface area (Å²) in [6, 6.07) is 8.55. The summed E-state index contributed by atoms with van der Waals surface area (Å²) in [6.07, 6.45) is 2.30. The molecule has 0 aliphatic heterocycles. The monoisotopic (exact) mass is 237 g/mol. The molecule has 0 aliphatic rings. The number of hydrogen-bond acceptors (Lipinski definition) is 1. The van der Waals surface area contributed by atoms with Crippen LogP contribution in [-0.2, 0) is 13.0 Å². The molecule has 0 amide bonds. The van der Waals surface area contributed by atoms with Crippen molar-refractivity contribution in [3.8, 4) is 0 Å². The number of halogens is 1.